The van der Waals surface area contributed by atoms with E-state index >= 15 is 0 Å². The van der Waals surface area contributed by atoms with Gasteiger partial charge in [0, 0.05) is 47.6 Å². The molecule has 0 amide bonds. The molecule has 24 heavy (non-hydrogen) atoms. The number of ether oxygens (including phenoxy) is 3. The van der Waals surface area contributed by atoms with E-state index in [4.69, 9.17) is 14.2 Å². The Morgan fingerprint density at radius 2 is 1.38 bits per heavy atom. The first-order chi connectivity index (χ1) is 11.6. The number of epoxide rings is 1. The van der Waals surface area contributed by atoms with Crippen LogP contribution in [0.25, 0.3) is 10.8 Å². The Balaban J connectivity index is 1.86. The lowest BCUT2D eigenvalue weighted by Crippen LogP contribution is -2.15. The van der Waals surface area contributed by atoms with E-state index in [1.165, 1.54) is 13.8 Å². The summed E-state index contributed by atoms with van der Waals surface area (Å²) in [6.07, 6.45) is 1.38. The monoisotopic (exact) mass is 324 g/mol. The summed E-state index contributed by atoms with van der Waals surface area (Å²) in [5, 5.41) is 1.60. The van der Waals surface area contributed by atoms with Crippen molar-refractivity contribution in [3.05, 3.63) is 35.4 Å². The molecule has 2 aromatic rings. The molecule has 122 valence electrons. The second kappa shape index (κ2) is 4.57. The summed E-state index contributed by atoms with van der Waals surface area (Å²) in [5.41, 5.74) is 1.98. The standard InChI is InChI=1S/C19H16O5/c1-8(20)22-16-10-5-3-4-6-11(10)17(23-9(2)21)15-13-7-12(14(15)16)18-19(13)24-18/h3-6,12-13,18-19H,7H2,1-2H3/t12-,13+,18-,19+. The van der Waals surface area contributed by atoms with Crippen LogP contribution in [-0.2, 0) is 14.3 Å². The molecule has 5 rings (SSSR count). The number of esters is 2. The highest BCUT2D eigenvalue weighted by atomic mass is 16.6. The van der Waals surface area contributed by atoms with E-state index in [-0.39, 0.29) is 36.0 Å². The Bertz CT molecular complexity index is 843. The van der Waals surface area contributed by atoms with Gasteiger partial charge < -0.3 is 14.2 Å². The highest BCUT2D eigenvalue weighted by Crippen LogP contribution is 2.67. The van der Waals surface area contributed by atoms with Crippen LogP contribution in [0.15, 0.2) is 24.3 Å². The van der Waals surface area contributed by atoms with Gasteiger partial charge in [0.15, 0.2) is 0 Å². The molecule has 0 unspecified atom stereocenters. The second-order valence-electron chi connectivity index (χ2n) is 6.73. The molecule has 4 atom stereocenters. The van der Waals surface area contributed by atoms with Crippen LogP contribution < -0.4 is 9.47 Å². The molecule has 2 fully saturated rings. The Hall–Kier alpha value is -2.40. The molecule has 2 aliphatic carbocycles. The third-order valence-corrected chi connectivity index (χ3v) is 5.29. The quantitative estimate of drug-likeness (QED) is 0.482. The fourth-order valence-electron chi connectivity index (χ4n) is 4.55. The minimum absolute atomic E-state index is 0.211. The van der Waals surface area contributed by atoms with Crippen LogP contribution in [0.1, 0.15) is 43.2 Å². The third-order valence-electron chi connectivity index (χ3n) is 5.29. The van der Waals surface area contributed by atoms with Gasteiger partial charge in [-0.05, 0) is 6.42 Å². The molecular formula is C19H16O5. The molecule has 1 saturated heterocycles. The molecule has 5 nitrogen and oxygen atoms in total. The number of rotatable bonds is 2. The van der Waals surface area contributed by atoms with Crippen LogP contribution in [0.3, 0.4) is 0 Å². The number of fused-ring (bicyclic) bond motifs is 9. The number of hydrogen-bond donors (Lipinski definition) is 0. The molecule has 3 aliphatic rings. The Morgan fingerprint density at radius 1 is 0.917 bits per heavy atom. The Labute approximate surface area is 138 Å². The van der Waals surface area contributed by atoms with E-state index in [0.29, 0.717) is 11.5 Å². The predicted molar refractivity (Wildman–Crippen MR) is 85.3 cm³/mol. The van der Waals surface area contributed by atoms with Crippen LogP contribution in [0.4, 0.5) is 0 Å². The largest absolute Gasteiger partial charge is 0.426 e. The number of hydrogen-bond acceptors (Lipinski definition) is 5. The van der Waals surface area contributed by atoms with E-state index < -0.39 is 0 Å². The highest BCUT2D eigenvalue weighted by Gasteiger charge is 2.64. The van der Waals surface area contributed by atoms with Gasteiger partial charge in [0.25, 0.3) is 0 Å². The van der Waals surface area contributed by atoms with Crippen LogP contribution >= 0.6 is 0 Å². The van der Waals surface area contributed by atoms with Crippen molar-refractivity contribution in [2.24, 2.45) is 0 Å². The Kier molecular flexibility index (Phi) is 2.66. The first kappa shape index (κ1) is 14.0. The lowest BCUT2D eigenvalue weighted by Gasteiger charge is -2.22. The van der Waals surface area contributed by atoms with Gasteiger partial charge in [0.05, 0.1) is 12.2 Å². The molecule has 2 bridgehead atoms. The highest BCUT2D eigenvalue weighted by molar-refractivity contribution is 5.99. The molecule has 1 heterocycles. The SMILES string of the molecule is CC(=O)Oc1c2c(c(OC(C)=O)c3ccccc13)[C@@H]1C[C@H]2[C@H]2O[C@H]21. The topological polar surface area (TPSA) is 65.1 Å². The molecular weight excluding hydrogens is 308 g/mol. The van der Waals surface area contributed by atoms with E-state index in [0.717, 1.165) is 28.3 Å². The summed E-state index contributed by atoms with van der Waals surface area (Å²) in [7, 11) is 0. The van der Waals surface area contributed by atoms with E-state index in [2.05, 4.69) is 0 Å². The molecule has 0 aromatic heterocycles. The van der Waals surface area contributed by atoms with Crippen LogP contribution in [0.5, 0.6) is 11.5 Å². The summed E-state index contributed by atoms with van der Waals surface area (Å²) in [4.78, 5) is 23.4. The summed E-state index contributed by atoms with van der Waals surface area (Å²) in [6, 6.07) is 7.59. The van der Waals surface area contributed by atoms with Gasteiger partial charge >= 0.3 is 11.9 Å². The first-order valence-corrected chi connectivity index (χ1v) is 8.17. The van der Waals surface area contributed by atoms with Gasteiger partial charge in [0.2, 0.25) is 0 Å². The minimum atomic E-state index is -0.348. The van der Waals surface area contributed by atoms with Gasteiger partial charge in [-0.25, -0.2) is 0 Å². The van der Waals surface area contributed by atoms with Crippen LogP contribution in [0, 0.1) is 0 Å². The van der Waals surface area contributed by atoms with Crippen molar-refractivity contribution >= 4 is 22.7 Å². The molecule has 1 aliphatic heterocycles. The van der Waals surface area contributed by atoms with E-state index in [1.54, 1.807) is 0 Å². The van der Waals surface area contributed by atoms with Crippen molar-refractivity contribution in [2.45, 2.75) is 44.3 Å². The lowest BCUT2D eigenvalue weighted by molar-refractivity contribution is -0.133. The molecule has 5 heteroatoms. The maximum absolute atomic E-state index is 11.7. The fraction of sp³-hybridized carbons (Fsp3) is 0.368. The van der Waals surface area contributed by atoms with Crippen molar-refractivity contribution in [3.63, 3.8) is 0 Å². The average molecular weight is 324 g/mol. The maximum atomic E-state index is 11.7. The van der Waals surface area contributed by atoms with E-state index in [1.807, 2.05) is 24.3 Å². The van der Waals surface area contributed by atoms with Crippen molar-refractivity contribution in [1.29, 1.82) is 0 Å². The van der Waals surface area contributed by atoms with Gasteiger partial charge in [0.1, 0.15) is 11.5 Å². The molecule has 0 N–H and O–H groups in total. The van der Waals surface area contributed by atoms with Crippen molar-refractivity contribution in [1.82, 2.24) is 0 Å². The van der Waals surface area contributed by atoms with Gasteiger partial charge in [-0.1, -0.05) is 24.3 Å². The lowest BCUT2D eigenvalue weighted by atomic mass is 9.87. The van der Waals surface area contributed by atoms with Gasteiger partial charge in [-0.15, -0.1) is 0 Å². The zero-order chi connectivity index (χ0) is 16.6. The first-order valence-electron chi connectivity index (χ1n) is 8.17. The number of benzene rings is 2. The van der Waals surface area contributed by atoms with Gasteiger partial charge in [-0.2, -0.15) is 0 Å². The zero-order valence-electron chi connectivity index (χ0n) is 13.4. The normalized spacial score (nSPS) is 28.4. The van der Waals surface area contributed by atoms with Crippen molar-refractivity contribution in [2.75, 3.05) is 0 Å². The Morgan fingerprint density at radius 3 is 1.79 bits per heavy atom. The summed E-state index contributed by atoms with van der Waals surface area (Å²) in [6.45, 7) is 2.82. The maximum Gasteiger partial charge on any atom is 0.308 e. The van der Waals surface area contributed by atoms with E-state index in [9.17, 15) is 9.59 Å². The number of carbonyl (C=O) groups is 2. The average Bonchev–Trinajstić information content (AvgIpc) is 3.15. The second-order valence-corrected chi connectivity index (χ2v) is 6.73. The summed E-state index contributed by atoms with van der Waals surface area (Å²) >= 11 is 0. The van der Waals surface area contributed by atoms with Gasteiger partial charge in [-0.3, -0.25) is 9.59 Å². The molecule has 2 aromatic carbocycles. The summed E-state index contributed by atoms with van der Waals surface area (Å²) < 4.78 is 17.0. The molecule has 0 radical (unpaired) electrons. The van der Waals surface area contributed by atoms with Crippen molar-refractivity contribution in [3.8, 4) is 11.5 Å². The van der Waals surface area contributed by atoms with Crippen LogP contribution in [0.2, 0.25) is 0 Å². The molecule has 0 spiro atoms. The van der Waals surface area contributed by atoms with Crippen molar-refractivity contribution < 1.29 is 23.8 Å². The smallest absolute Gasteiger partial charge is 0.308 e. The fourth-order valence-corrected chi connectivity index (χ4v) is 4.55. The number of carbonyl (C=O) groups excluding carboxylic acids is 2. The zero-order valence-corrected chi connectivity index (χ0v) is 13.4. The predicted octanol–water partition coefficient (Wildman–Crippen LogP) is 3.04. The van der Waals surface area contributed by atoms with Crippen LogP contribution in [-0.4, -0.2) is 24.1 Å². The third kappa shape index (κ3) is 1.73. The molecule has 1 saturated carbocycles. The summed E-state index contributed by atoms with van der Waals surface area (Å²) in [5.74, 6) is 0.930. The minimum Gasteiger partial charge on any atom is -0.426 e.